The maximum absolute atomic E-state index is 12.8. The van der Waals surface area contributed by atoms with E-state index in [9.17, 15) is 14.4 Å². The van der Waals surface area contributed by atoms with Crippen LogP contribution in [0.15, 0.2) is 99.3 Å². The van der Waals surface area contributed by atoms with Gasteiger partial charge in [0.1, 0.15) is 42.9 Å². The molecule has 1 saturated heterocycles. The highest BCUT2D eigenvalue weighted by Crippen LogP contribution is 2.22. The summed E-state index contributed by atoms with van der Waals surface area (Å²) >= 11 is 3.38. The number of nitrogens with zero attached hydrogens (tertiary/aromatic N) is 6. The van der Waals surface area contributed by atoms with E-state index in [1.165, 1.54) is 0 Å². The fourth-order valence-electron chi connectivity index (χ4n) is 6.07. The van der Waals surface area contributed by atoms with Crippen molar-refractivity contribution in [2.45, 2.75) is 78.2 Å². The first-order valence-electron chi connectivity index (χ1n) is 18.9. The van der Waals surface area contributed by atoms with E-state index in [4.69, 9.17) is 20.6 Å². The molecule has 2 aromatic carbocycles. The number of aromatic nitrogens is 6. The Balaban J connectivity index is 0.000000168. The van der Waals surface area contributed by atoms with Crippen molar-refractivity contribution in [2.75, 3.05) is 13.2 Å². The van der Waals surface area contributed by atoms with Crippen molar-refractivity contribution in [3.8, 4) is 24.2 Å². The molecule has 1 atom stereocenters. The summed E-state index contributed by atoms with van der Waals surface area (Å²) in [5, 5.41) is 3.97. The smallest absolute Gasteiger partial charge is 0.261 e. The highest BCUT2D eigenvalue weighted by molar-refractivity contribution is 9.10. The van der Waals surface area contributed by atoms with E-state index in [1.54, 1.807) is 33.7 Å². The predicted molar refractivity (Wildman–Crippen MR) is 236 cm³/mol. The van der Waals surface area contributed by atoms with Gasteiger partial charge in [0.25, 0.3) is 11.1 Å². The molecule has 15 heteroatoms. The molecule has 6 aromatic rings. The monoisotopic (exact) mass is 893 g/mol. The first-order valence-corrected chi connectivity index (χ1v) is 19.7. The number of hydrogen-bond acceptors (Lipinski definition) is 10. The van der Waals surface area contributed by atoms with Crippen molar-refractivity contribution < 1.29 is 19.0 Å². The van der Waals surface area contributed by atoms with Gasteiger partial charge in [0.05, 0.1) is 52.2 Å². The van der Waals surface area contributed by atoms with Gasteiger partial charge >= 0.3 is 0 Å². The Morgan fingerprint density at radius 2 is 1.38 bits per heavy atom. The number of amides is 1. The summed E-state index contributed by atoms with van der Waals surface area (Å²) < 4.78 is 20.8. The number of carbonyl (C=O) groups excluding carboxylic acids is 1. The molecule has 3 aliphatic heterocycles. The maximum atomic E-state index is 12.8. The molecule has 0 radical (unpaired) electrons. The average molecular weight is 895 g/mol. The van der Waals surface area contributed by atoms with E-state index in [1.807, 2.05) is 95.3 Å². The van der Waals surface area contributed by atoms with Crippen LogP contribution in [0.3, 0.4) is 0 Å². The minimum atomic E-state index is -0.361. The summed E-state index contributed by atoms with van der Waals surface area (Å²) in [6, 6.07) is 22.1. The Kier molecular flexibility index (Phi) is 15.1. The Morgan fingerprint density at radius 3 is 1.98 bits per heavy atom. The molecule has 0 bridgehead atoms. The summed E-state index contributed by atoms with van der Waals surface area (Å²) in [7, 11) is 0. The fraction of sp³-hybridized carbons (Fsp3) is 0.311. The second kappa shape index (κ2) is 20.0. The number of ether oxygens (including phenoxy) is 3. The van der Waals surface area contributed by atoms with Crippen LogP contribution in [0.25, 0.3) is 21.8 Å². The second-order valence-corrected chi connectivity index (χ2v) is 16.0. The van der Waals surface area contributed by atoms with Crippen LogP contribution in [0.1, 0.15) is 63.2 Å². The van der Waals surface area contributed by atoms with Gasteiger partial charge in [-0.05, 0) is 101 Å². The van der Waals surface area contributed by atoms with Crippen molar-refractivity contribution in [2.24, 2.45) is 0 Å². The van der Waals surface area contributed by atoms with Gasteiger partial charge in [-0.15, -0.1) is 18.8 Å². The van der Waals surface area contributed by atoms with Gasteiger partial charge in [-0.1, -0.05) is 39.9 Å². The molecular formula is C45H45BrClN7O6. The van der Waals surface area contributed by atoms with E-state index in [0.717, 1.165) is 10.0 Å². The number of terminal acetylenes is 1. The summed E-state index contributed by atoms with van der Waals surface area (Å²) in [5.74, 6) is 9.85. The van der Waals surface area contributed by atoms with Crippen molar-refractivity contribution in [1.29, 1.82) is 0 Å². The number of hydrogen-bond donors (Lipinski definition) is 1. The number of benzene rings is 2. The number of pyridine rings is 2. The molecule has 60 heavy (non-hydrogen) atoms. The standard InChI is InChI=1S/C20H17N3O2.C12H11BrN2O2.C7H5N.C6H11NO2.ClH/c1-20(2)13-23-18(12-25-20)22-17-11-14(7-9-16(17)19(23)24)6-8-15-5-3-4-10-21-15;1-7-5-15-11(6-17-7)14-10-4-8(13)2-3-9(10)12(15)16;1-2-7-5-3-4-6-8-7;1-6(2)4-7-5(8)3-9-6;/h3-5,7,9-11H,12-13H2,1-2H3;2-4,7H,5-6H2,1H3;1,3-6H;3-4H2,1-2H3,(H,7,8);1H. The van der Waals surface area contributed by atoms with Gasteiger partial charge in [-0.25, -0.2) is 19.9 Å². The molecule has 0 spiro atoms. The molecule has 7 heterocycles. The maximum Gasteiger partial charge on any atom is 0.261 e. The zero-order valence-corrected chi connectivity index (χ0v) is 36.3. The zero-order chi connectivity index (χ0) is 42.2. The zero-order valence-electron chi connectivity index (χ0n) is 33.9. The number of morpholine rings is 1. The molecule has 1 amide bonds. The Labute approximate surface area is 362 Å². The minimum absolute atomic E-state index is 0. The molecule has 0 aliphatic carbocycles. The molecule has 1 N–H and O–H groups in total. The molecule has 1 unspecified atom stereocenters. The van der Waals surface area contributed by atoms with E-state index in [-0.39, 0.29) is 53.3 Å². The van der Waals surface area contributed by atoms with Gasteiger partial charge in [0.15, 0.2) is 0 Å². The first kappa shape index (κ1) is 45.3. The Hall–Kier alpha value is -5.74. The van der Waals surface area contributed by atoms with Gasteiger partial charge in [-0.2, -0.15) is 0 Å². The average Bonchev–Trinajstić information content (AvgIpc) is 3.23. The number of rotatable bonds is 0. The lowest BCUT2D eigenvalue weighted by Gasteiger charge is -2.32. The van der Waals surface area contributed by atoms with Gasteiger partial charge < -0.3 is 19.5 Å². The van der Waals surface area contributed by atoms with Crippen molar-refractivity contribution in [1.82, 2.24) is 34.4 Å². The molecule has 9 rings (SSSR count). The Bertz CT molecular complexity index is 2690. The van der Waals surface area contributed by atoms with Crippen LogP contribution < -0.4 is 16.4 Å². The van der Waals surface area contributed by atoms with E-state index in [2.05, 4.69) is 58.9 Å². The highest BCUT2D eigenvalue weighted by Gasteiger charge is 2.28. The predicted octanol–water partition coefficient (Wildman–Crippen LogP) is 5.97. The van der Waals surface area contributed by atoms with Crippen LogP contribution >= 0.6 is 28.3 Å². The lowest BCUT2D eigenvalue weighted by Crippen LogP contribution is -2.48. The molecular weight excluding hydrogens is 850 g/mol. The topological polar surface area (TPSA) is 152 Å². The molecule has 310 valence electrons. The van der Waals surface area contributed by atoms with E-state index < -0.39 is 0 Å². The third-order valence-corrected chi connectivity index (χ3v) is 9.71. The number of halogens is 2. The van der Waals surface area contributed by atoms with Gasteiger partial charge in [-0.3, -0.25) is 23.5 Å². The van der Waals surface area contributed by atoms with Gasteiger partial charge in [0, 0.05) is 29.0 Å². The third kappa shape index (κ3) is 11.9. The quantitative estimate of drug-likeness (QED) is 0.181. The van der Waals surface area contributed by atoms with Crippen LogP contribution in [0.2, 0.25) is 0 Å². The van der Waals surface area contributed by atoms with Crippen LogP contribution in [0.4, 0.5) is 0 Å². The molecule has 3 aliphatic rings. The second-order valence-electron chi connectivity index (χ2n) is 15.1. The Morgan fingerprint density at radius 1 is 0.767 bits per heavy atom. The summed E-state index contributed by atoms with van der Waals surface area (Å²) in [6.07, 6.45) is 8.49. The lowest BCUT2D eigenvalue weighted by atomic mass is 10.1. The largest absolute Gasteiger partial charge is 0.369 e. The summed E-state index contributed by atoms with van der Waals surface area (Å²) in [4.78, 5) is 52.7. The number of nitrogens with one attached hydrogen (secondary N) is 1. The van der Waals surface area contributed by atoms with Gasteiger partial charge in [0.2, 0.25) is 5.91 Å². The van der Waals surface area contributed by atoms with E-state index >= 15 is 0 Å². The van der Waals surface area contributed by atoms with Crippen LogP contribution in [0.5, 0.6) is 0 Å². The summed E-state index contributed by atoms with van der Waals surface area (Å²) in [5.41, 5.74) is 3.01. The van der Waals surface area contributed by atoms with E-state index in [0.29, 0.717) is 77.7 Å². The number of carbonyl (C=O) groups is 1. The summed E-state index contributed by atoms with van der Waals surface area (Å²) in [6.45, 7) is 12.4. The van der Waals surface area contributed by atoms with Crippen LogP contribution in [-0.4, -0.2) is 65.4 Å². The number of fused-ring (bicyclic) bond motifs is 4. The normalized spacial score (nSPS) is 16.7. The first-order chi connectivity index (χ1) is 28.2. The third-order valence-electron chi connectivity index (χ3n) is 9.22. The molecule has 0 saturated carbocycles. The van der Waals surface area contributed by atoms with Crippen molar-refractivity contribution in [3.63, 3.8) is 0 Å². The van der Waals surface area contributed by atoms with Crippen molar-refractivity contribution in [3.05, 3.63) is 139 Å². The lowest BCUT2D eigenvalue weighted by molar-refractivity contribution is -0.139. The SMILES string of the molecule is C#Cc1ccccn1.CC1(C)CNC(=O)CO1.CC1(C)Cn2c(nc3cc(C#Cc4ccccn4)ccc3c2=O)CO1.CC1Cn2c(nc3cc(Br)ccc3c2=O)CO1.Cl. The molecule has 1 fully saturated rings. The highest BCUT2D eigenvalue weighted by atomic mass is 79.9. The van der Waals surface area contributed by atoms with Crippen molar-refractivity contribution >= 4 is 56.1 Å². The van der Waals surface area contributed by atoms with Crippen LogP contribution in [-0.2, 0) is 45.3 Å². The molecule has 13 nitrogen and oxygen atoms in total. The van der Waals surface area contributed by atoms with Crippen LogP contribution in [0, 0.1) is 24.2 Å². The minimum Gasteiger partial charge on any atom is -0.369 e. The fourth-order valence-corrected chi connectivity index (χ4v) is 6.41. The molecule has 4 aromatic heterocycles.